The fraction of sp³-hybridized carbons (Fsp3) is 0.545. The van der Waals surface area contributed by atoms with Crippen LogP contribution >= 0.6 is 0 Å². The van der Waals surface area contributed by atoms with E-state index >= 15 is 0 Å². The van der Waals surface area contributed by atoms with Gasteiger partial charge in [0.05, 0.1) is 6.17 Å². The average Bonchev–Trinajstić information content (AvgIpc) is 2.29. The first kappa shape index (κ1) is 11.3. The summed E-state index contributed by atoms with van der Waals surface area (Å²) >= 11 is 0. The molecular weight excluding hydrogens is 214 g/mol. The number of hydrogen-bond acceptors (Lipinski definition) is 3. The Hall–Kier alpha value is -1.23. The molecule has 0 amide bonds. The van der Waals surface area contributed by atoms with Crippen LogP contribution in [0.4, 0.5) is 8.78 Å². The maximum atomic E-state index is 13.0. The quantitative estimate of drug-likeness (QED) is 0.723. The third kappa shape index (κ3) is 2.47. The standard InChI is InChI=1S/C11H14F2N2O/c12-11(13)2-5-15(6-3-11)10-7-9(8-16)1-4-14-10/h1,4,7-8,10,14H,2-3,5-6H2. The Bertz CT molecular complexity index is 329. The highest BCUT2D eigenvalue weighted by molar-refractivity contribution is 5.77. The molecule has 0 spiro atoms. The lowest BCUT2D eigenvalue weighted by molar-refractivity contribution is -0.104. The van der Waals surface area contributed by atoms with Gasteiger partial charge in [-0.05, 0) is 18.4 Å². The molecule has 3 nitrogen and oxygen atoms in total. The maximum absolute atomic E-state index is 13.0. The van der Waals surface area contributed by atoms with Gasteiger partial charge in [-0.1, -0.05) is 0 Å². The van der Waals surface area contributed by atoms with Gasteiger partial charge in [0.25, 0.3) is 5.92 Å². The van der Waals surface area contributed by atoms with E-state index in [1.54, 1.807) is 18.4 Å². The molecule has 16 heavy (non-hydrogen) atoms. The molecule has 0 radical (unpaired) electrons. The summed E-state index contributed by atoms with van der Waals surface area (Å²) in [5.74, 6) is -2.53. The molecular formula is C11H14F2N2O. The van der Waals surface area contributed by atoms with Crippen LogP contribution in [0.2, 0.25) is 0 Å². The maximum Gasteiger partial charge on any atom is 0.250 e. The molecule has 0 aromatic heterocycles. The summed E-state index contributed by atoms with van der Waals surface area (Å²) in [6.07, 6.45) is 5.52. The molecule has 0 aliphatic carbocycles. The molecule has 0 aromatic rings. The van der Waals surface area contributed by atoms with E-state index in [1.807, 2.05) is 4.90 Å². The second kappa shape index (κ2) is 4.33. The number of rotatable bonds is 2. The number of allylic oxidation sites excluding steroid dienone is 2. The number of carbonyl (C=O) groups excluding carboxylic acids is 1. The molecule has 1 fully saturated rings. The van der Waals surface area contributed by atoms with Crippen LogP contribution in [0.15, 0.2) is 23.9 Å². The van der Waals surface area contributed by atoms with E-state index in [1.165, 1.54) is 0 Å². The zero-order valence-corrected chi connectivity index (χ0v) is 8.83. The van der Waals surface area contributed by atoms with E-state index in [-0.39, 0.29) is 19.0 Å². The van der Waals surface area contributed by atoms with Crippen molar-refractivity contribution in [3.8, 4) is 0 Å². The van der Waals surface area contributed by atoms with Crippen molar-refractivity contribution in [2.24, 2.45) is 0 Å². The minimum absolute atomic E-state index is 0.112. The Kier molecular flexibility index (Phi) is 3.05. The van der Waals surface area contributed by atoms with Crippen LogP contribution in [0.1, 0.15) is 12.8 Å². The van der Waals surface area contributed by atoms with Crippen LogP contribution in [0.3, 0.4) is 0 Å². The first-order valence-corrected chi connectivity index (χ1v) is 5.32. The number of nitrogens with zero attached hydrogens (tertiary/aromatic N) is 1. The first-order valence-electron chi connectivity index (χ1n) is 5.32. The molecule has 2 aliphatic rings. The minimum Gasteiger partial charge on any atom is -0.372 e. The number of piperidine rings is 1. The zero-order chi connectivity index (χ0) is 11.6. The van der Waals surface area contributed by atoms with Crippen molar-refractivity contribution in [3.05, 3.63) is 23.9 Å². The topological polar surface area (TPSA) is 32.3 Å². The predicted octanol–water partition coefficient (Wildman–Crippen LogP) is 1.29. The number of aldehydes is 1. The fourth-order valence-electron chi connectivity index (χ4n) is 1.95. The number of carbonyl (C=O) groups is 1. The van der Waals surface area contributed by atoms with E-state index in [9.17, 15) is 13.6 Å². The van der Waals surface area contributed by atoms with Gasteiger partial charge in [-0.3, -0.25) is 9.69 Å². The van der Waals surface area contributed by atoms with E-state index < -0.39 is 5.92 Å². The molecule has 1 atom stereocenters. The molecule has 1 unspecified atom stereocenters. The van der Waals surface area contributed by atoms with Gasteiger partial charge in [0, 0.05) is 31.5 Å². The van der Waals surface area contributed by atoms with Crippen molar-refractivity contribution in [3.63, 3.8) is 0 Å². The normalized spacial score (nSPS) is 29.4. The predicted molar refractivity (Wildman–Crippen MR) is 56.0 cm³/mol. The summed E-state index contributed by atoms with van der Waals surface area (Å²) in [5, 5.41) is 3.05. The van der Waals surface area contributed by atoms with Crippen molar-refractivity contribution in [1.82, 2.24) is 10.2 Å². The van der Waals surface area contributed by atoms with Crippen LogP contribution in [0.5, 0.6) is 0 Å². The molecule has 88 valence electrons. The zero-order valence-electron chi connectivity index (χ0n) is 8.83. The summed E-state index contributed by atoms with van der Waals surface area (Å²) in [6, 6.07) is 0. The number of nitrogens with one attached hydrogen (secondary N) is 1. The van der Waals surface area contributed by atoms with Crippen molar-refractivity contribution < 1.29 is 13.6 Å². The second-order valence-electron chi connectivity index (χ2n) is 4.12. The Morgan fingerprint density at radius 2 is 2.12 bits per heavy atom. The molecule has 1 saturated heterocycles. The monoisotopic (exact) mass is 228 g/mol. The Morgan fingerprint density at radius 1 is 1.44 bits per heavy atom. The van der Waals surface area contributed by atoms with Gasteiger partial charge in [-0.2, -0.15) is 0 Å². The minimum atomic E-state index is -2.53. The highest BCUT2D eigenvalue weighted by atomic mass is 19.3. The highest BCUT2D eigenvalue weighted by Gasteiger charge is 2.35. The van der Waals surface area contributed by atoms with Crippen molar-refractivity contribution >= 4 is 6.29 Å². The third-order valence-corrected chi connectivity index (χ3v) is 2.95. The summed E-state index contributed by atoms with van der Waals surface area (Å²) in [5.41, 5.74) is 0.584. The average molecular weight is 228 g/mol. The Morgan fingerprint density at radius 3 is 2.75 bits per heavy atom. The number of dihydropyridines is 1. The molecule has 0 aromatic carbocycles. The smallest absolute Gasteiger partial charge is 0.250 e. The molecule has 0 saturated carbocycles. The van der Waals surface area contributed by atoms with Crippen molar-refractivity contribution in [2.45, 2.75) is 24.9 Å². The second-order valence-corrected chi connectivity index (χ2v) is 4.12. The number of likely N-dealkylation sites (tertiary alicyclic amines) is 1. The summed E-state index contributed by atoms with van der Waals surface area (Å²) in [4.78, 5) is 12.5. The molecule has 0 bridgehead atoms. The summed E-state index contributed by atoms with van der Waals surface area (Å²) in [6.45, 7) is 0.697. The van der Waals surface area contributed by atoms with E-state index in [0.717, 1.165) is 6.29 Å². The molecule has 5 heteroatoms. The van der Waals surface area contributed by atoms with Gasteiger partial charge in [0.1, 0.15) is 6.29 Å². The summed E-state index contributed by atoms with van der Waals surface area (Å²) < 4.78 is 25.9. The van der Waals surface area contributed by atoms with Gasteiger partial charge >= 0.3 is 0 Å². The first-order chi connectivity index (χ1) is 7.61. The lowest BCUT2D eigenvalue weighted by Gasteiger charge is -2.37. The highest BCUT2D eigenvalue weighted by Crippen LogP contribution is 2.28. The van der Waals surface area contributed by atoms with Gasteiger partial charge in [-0.15, -0.1) is 0 Å². The molecule has 1 N–H and O–H groups in total. The van der Waals surface area contributed by atoms with Crippen LogP contribution < -0.4 is 5.32 Å². The van der Waals surface area contributed by atoms with Crippen LogP contribution in [0, 0.1) is 0 Å². The van der Waals surface area contributed by atoms with Crippen LogP contribution in [-0.4, -0.2) is 36.4 Å². The Labute approximate surface area is 92.8 Å². The van der Waals surface area contributed by atoms with E-state index in [0.29, 0.717) is 18.7 Å². The fourth-order valence-corrected chi connectivity index (χ4v) is 1.95. The van der Waals surface area contributed by atoms with E-state index in [4.69, 9.17) is 0 Å². The van der Waals surface area contributed by atoms with Gasteiger partial charge in [0.2, 0.25) is 0 Å². The van der Waals surface area contributed by atoms with Gasteiger partial charge < -0.3 is 5.32 Å². The van der Waals surface area contributed by atoms with Crippen molar-refractivity contribution in [2.75, 3.05) is 13.1 Å². The van der Waals surface area contributed by atoms with Gasteiger partial charge in [0.15, 0.2) is 0 Å². The van der Waals surface area contributed by atoms with E-state index in [2.05, 4.69) is 5.32 Å². The summed E-state index contributed by atoms with van der Waals surface area (Å²) in [7, 11) is 0. The van der Waals surface area contributed by atoms with Crippen molar-refractivity contribution in [1.29, 1.82) is 0 Å². The molecule has 2 aliphatic heterocycles. The van der Waals surface area contributed by atoms with Crippen LogP contribution in [-0.2, 0) is 4.79 Å². The Balaban J connectivity index is 1.97. The number of alkyl halides is 2. The van der Waals surface area contributed by atoms with Crippen LogP contribution in [0.25, 0.3) is 0 Å². The lowest BCUT2D eigenvalue weighted by Crippen LogP contribution is -2.49. The third-order valence-electron chi connectivity index (χ3n) is 2.95. The number of hydrogen-bond donors (Lipinski definition) is 1. The largest absolute Gasteiger partial charge is 0.372 e. The molecule has 2 rings (SSSR count). The lowest BCUT2D eigenvalue weighted by atomic mass is 10.1. The molecule has 2 heterocycles. The SMILES string of the molecule is O=CC1=CC(N2CCC(F)(F)CC2)NC=C1. The van der Waals surface area contributed by atoms with Gasteiger partial charge in [-0.25, -0.2) is 8.78 Å². The number of halogens is 2.